The van der Waals surface area contributed by atoms with Crippen LogP contribution in [0.15, 0.2) is 6.20 Å². The first kappa shape index (κ1) is 10.6. The highest BCUT2D eigenvalue weighted by molar-refractivity contribution is 5.30. The van der Waals surface area contributed by atoms with Gasteiger partial charge in [-0.05, 0) is 0 Å². The fourth-order valence-electron chi connectivity index (χ4n) is 0.918. The molecule has 1 rings (SSSR count). The number of anilines is 1. The van der Waals surface area contributed by atoms with E-state index in [1.165, 1.54) is 7.11 Å². The van der Waals surface area contributed by atoms with Crippen molar-refractivity contribution in [1.82, 2.24) is 9.97 Å². The predicted octanol–water partition coefficient (Wildman–Crippen LogP) is 1.17. The zero-order valence-corrected chi connectivity index (χ0v) is 7.30. The van der Waals surface area contributed by atoms with Gasteiger partial charge >= 0.3 is 6.18 Å². The van der Waals surface area contributed by atoms with Gasteiger partial charge in [-0.1, -0.05) is 0 Å². The van der Waals surface area contributed by atoms with Gasteiger partial charge in [-0.3, -0.25) is 0 Å². The Morgan fingerprint density at radius 1 is 1.50 bits per heavy atom. The van der Waals surface area contributed by atoms with Gasteiger partial charge in [0.1, 0.15) is 0 Å². The second-order valence-corrected chi connectivity index (χ2v) is 2.55. The molecule has 0 aliphatic carbocycles. The summed E-state index contributed by atoms with van der Waals surface area (Å²) in [7, 11) is 1.22. The standard InChI is InChI=1S/C7H8F3N3O/c1-14-5-4(2-7(8,9)10)3-12-6(11)13-5/h3H,2H2,1H3,(H2,11,12,13). The fourth-order valence-corrected chi connectivity index (χ4v) is 0.918. The monoisotopic (exact) mass is 207 g/mol. The maximum Gasteiger partial charge on any atom is 0.393 e. The van der Waals surface area contributed by atoms with E-state index < -0.39 is 12.6 Å². The minimum atomic E-state index is -4.31. The molecule has 0 saturated heterocycles. The van der Waals surface area contributed by atoms with E-state index in [0.717, 1.165) is 6.20 Å². The van der Waals surface area contributed by atoms with Crippen LogP contribution in [0.2, 0.25) is 0 Å². The van der Waals surface area contributed by atoms with E-state index in [1.807, 2.05) is 0 Å². The summed E-state index contributed by atoms with van der Waals surface area (Å²) in [4.78, 5) is 6.98. The minimum Gasteiger partial charge on any atom is -0.481 e. The Balaban J connectivity index is 2.97. The largest absolute Gasteiger partial charge is 0.481 e. The molecule has 14 heavy (non-hydrogen) atoms. The molecule has 2 N–H and O–H groups in total. The van der Waals surface area contributed by atoms with Crippen LogP contribution >= 0.6 is 0 Å². The molecule has 0 saturated carbocycles. The van der Waals surface area contributed by atoms with Crippen molar-refractivity contribution in [3.8, 4) is 5.88 Å². The molecule has 0 spiro atoms. The molecule has 78 valence electrons. The van der Waals surface area contributed by atoms with Crippen molar-refractivity contribution < 1.29 is 17.9 Å². The average molecular weight is 207 g/mol. The lowest BCUT2D eigenvalue weighted by Crippen LogP contribution is -2.13. The molecule has 0 atom stereocenters. The molecular formula is C7H8F3N3O. The van der Waals surface area contributed by atoms with Crippen molar-refractivity contribution in [2.24, 2.45) is 0 Å². The molecule has 0 aliphatic heterocycles. The van der Waals surface area contributed by atoms with Gasteiger partial charge in [0.2, 0.25) is 11.8 Å². The Morgan fingerprint density at radius 2 is 2.14 bits per heavy atom. The molecule has 1 aromatic rings. The van der Waals surface area contributed by atoms with Crippen LogP contribution in [0.1, 0.15) is 5.56 Å². The van der Waals surface area contributed by atoms with Crippen LogP contribution in [-0.2, 0) is 6.42 Å². The second-order valence-electron chi connectivity index (χ2n) is 2.55. The van der Waals surface area contributed by atoms with E-state index in [9.17, 15) is 13.2 Å². The summed E-state index contributed by atoms with van der Waals surface area (Å²) in [6.07, 6.45) is -4.43. The third kappa shape index (κ3) is 2.75. The molecule has 0 aliphatic rings. The topological polar surface area (TPSA) is 61.0 Å². The number of ether oxygens (including phenoxy) is 1. The van der Waals surface area contributed by atoms with E-state index in [1.54, 1.807) is 0 Å². The molecule has 4 nitrogen and oxygen atoms in total. The second kappa shape index (κ2) is 3.69. The quantitative estimate of drug-likeness (QED) is 0.790. The minimum absolute atomic E-state index is 0.118. The van der Waals surface area contributed by atoms with Gasteiger partial charge in [0.05, 0.1) is 13.5 Å². The Bertz CT molecular complexity index is 326. The van der Waals surface area contributed by atoms with Crippen LogP contribution in [0.3, 0.4) is 0 Å². The van der Waals surface area contributed by atoms with Crippen molar-refractivity contribution in [2.75, 3.05) is 12.8 Å². The zero-order valence-electron chi connectivity index (χ0n) is 7.30. The highest BCUT2D eigenvalue weighted by Gasteiger charge is 2.30. The van der Waals surface area contributed by atoms with Crippen LogP contribution in [0.5, 0.6) is 5.88 Å². The van der Waals surface area contributed by atoms with Crippen molar-refractivity contribution in [3.05, 3.63) is 11.8 Å². The molecule has 0 unspecified atom stereocenters. The molecular weight excluding hydrogens is 199 g/mol. The Labute approximate surface area is 77.9 Å². The first-order chi connectivity index (χ1) is 6.42. The predicted molar refractivity (Wildman–Crippen MR) is 42.8 cm³/mol. The van der Waals surface area contributed by atoms with Gasteiger partial charge in [-0.25, -0.2) is 4.98 Å². The third-order valence-corrected chi connectivity index (χ3v) is 1.43. The summed E-state index contributed by atoms with van der Waals surface area (Å²) >= 11 is 0. The number of hydrogen-bond acceptors (Lipinski definition) is 4. The molecule has 0 radical (unpaired) electrons. The van der Waals surface area contributed by atoms with Gasteiger partial charge in [0, 0.05) is 11.8 Å². The van der Waals surface area contributed by atoms with Gasteiger partial charge in [-0.15, -0.1) is 0 Å². The van der Waals surface area contributed by atoms with Gasteiger partial charge < -0.3 is 10.5 Å². The van der Waals surface area contributed by atoms with Crippen molar-refractivity contribution in [2.45, 2.75) is 12.6 Å². The Morgan fingerprint density at radius 3 is 2.64 bits per heavy atom. The average Bonchev–Trinajstić information content (AvgIpc) is 2.06. The fraction of sp³-hybridized carbons (Fsp3) is 0.429. The van der Waals surface area contributed by atoms with Crippen molar-refractivity contribution in [3.63, 3.8) is 0 Å². The number of methoxy groups -OCH3 is 1. The summed E-state index contributed by atoms with van der Waals surface area (Å²) < 4.78 is 40.7. The van der Waals surface area contributed by atoms with E-state index in [2.05, 4.69) is 14.7 Å². The lowest BCUT2D eigenvalue weighted by Gasteiger charge is -2.09. The van der Waals surface area contributed by atoms with Gasteiger partial charge in [0.25, 0.3) is 0 Å². The van der Waals surface area contributed by atoms with E-state index in [-0.39, 0.29) is 17.4 Å². The number of alkyl halides is 3. The lowest BCUT2D eigenvalue weighted by atomic mass is 10.2. The van der Waals surface area contributed by atoms with E-state index >= 15 is 0 Å². The molecule has 0 bridgehead atoms. The molecule has 1 aromatic heterocycles. The number of aromatic nitrogens is 2. The molecule has 0 fully saturated rings. The molecule has 0 aromatic carbocycles. The first-order valence-electron chi connectivity index (χ1n) is 3.64. The maximum absolute atomic E-state index is 12.0. The Kier molecular flexibility index (Phi) is 2.78. The van der Waals surface area contributed by atoms with Crippen LogP contribution in [0.4, 0.5) is 19.1 Å². The van der Waals surface area contributed by atoms with Gasteiger partial charge in [-0.2, -0.15) is 18.2 Å². The number of halogens is 3. The van der Waals surface area contributed by atoms with Crippen LogP contribution in [0, 0.1) is 0 Å². The maximum atomic E-state index is 12.0. The molecule has 7 heteroatoms. The smallest absolute Gasteiger partial charge is 0.393 e. The van der Waals surface area contributed by atoms with E-state index in [4.69, 9.17) is 5.73 Å². The van der Waals surface area contributed by atoms with Crippen LogP contribution < -0.4 is 10.5 Å². The van der Waals surface area contributed by atoms with Crippen LogP contribution in [0.25, 0.3) is 0 Å². The van der Waals surface area contributed by atoms with Gasteiger partial charge in [0.15, 0.2) is 0 Å². The number of nitrogens with two attached hydrogens (primary N) is 1. The summed E-state index contributed by atoms with van der Waals surface area (Å²) in [5.41, 5.74) is 5.05. The highest BCUT2D eigenvalue weighted by atomic mass is 19.4. The van der Waals surface area contributed by atoms with Crippen molar-refractivity contribution in [1.29, 1.82) is 0 Å². The number of rotatable bonds is 2. The summed E-state index contributed by atoms with van der Waals surface area (Å²) in [6.45, 7) is 0. The molecule has 1 heterocycles. The number of nitrogen functional groups attached to an aromatic ring is 1. The van der Waals surface area contributed by atoms with E-state index in [0.29, 0.717) is 0 Å². The highest BCUT2D eigenvalue weighted by Crippen LogP contribution is 2.25. The summed E-state index contributed by atoms with van der Waals surface area (Å²) in [5.74, 6) is -0.261. The lowest BCUT2D eigenvalue weighted by molar-refractivity contribution is -0.127. The van der Waals surface area contributed by atoms with Crippen molar-refractivity contribution >= 4 is 5.95 Å². The number of nitrogens with zero attached hydrogens (tertiary/aromatic N) is 2. The third-order valence-electron chi connectivity index (χ3n) is 1.43. The Hall–Kier alpha value is -1.53. The molecule has 0 amide bonds. The summed E-state index contributed by atoms with van der Waals surface area (Å²) in [6, 6.07) is 0. The normalized spacial score (nSPS) is 11.4. The first-order valence-corrected chi connectivity index (χ1v) is 3.64. The number of hydrogen-bond donors (Lipinski definition) is 1. The summed E-state index contributed by atoms with van der Waals surface area (Å²) in [5, 5.41) is 0. The zero-order chi connectivity index (χ0) is 10.8. The SMILES string of the molecule is COc1nc(N)ncc1CC(F)(F)F. The van der Waals surface area contributed by atoms with Crippen LogP contribution in [-0.4, -0.2) is 23.3 Å².